The minimum Gasteiger partial charge on any atom is -0.493 e. The number of Topliss-reactive ketones (excluding diaryl/α,β-unsaturated/α-hetero) is 1. The Morgan fingerprint density at radius 3 is 2.26 bits per heavy atom. The Labute approximate surface area is 156 Å². The highest BCUT2D eigenvalue weighted by atomic mass is 16.5. The topological polar surface area (TPSA) is 84.2 Å². The van der Waals surface area contributed by atoms with Crippen molar-refractivity contribution in [1.82, 2.24) is 0 Å². The number of carbonyl (C=O) groups is 2. The van der Waals surface area contributed by atoms with Crippen molar-refractivity contribution in [2.75, 3.05) is 27.9 Å². The zero-order valence-electron chi connectivity index (χ0n) is 15.5. The molecule has 4 rings (SSSR count). The van der Waals surface area contributed by atoms with Crippen LogP contribution in [0.3, 0.4) is 0 Å². The van der Waals surface area contributed by atoms with Crippen LogP contribution in [-0.4, -0.2) is 39.7 Å². The standard InChI is InChI=1S/C20H20O7/c1-9-5-11-15(10-6-13(23-2)19(25-4)14(7-10)24-3)16-12(8-26-20(16)22)17(21)18(11)27-9/h5-7,12,15-16H,8H2,1-4H3/t12-,15-,16-/m1/s1. The molecule has 3 atom stereocenters. The first kappa shape index (κ1) is 17.5. The van der Waals surface area contributed by atoms with Gasteiger partial charge in [-0.15, -0.1) is 0 Å². The third-order valence-corrected chi connectivity index (χ3v) is 5.30. The van der Waals surface area contributed by atoms with Gasteiger partial charge in [-0.05, 0) is 30.7 Å². The van der Waals surface area contributed by atoms with Crippen LogP contribution < -0.4 is 14.2 Å². The predicted octanol–water partition coefficient (Wildman–Crippen LogP) is 2.73. The average molecular weight is 372 g/mol. The van der Waals surface area contributed by atoms with E-state index in [1.54, 1.807) is 19.1 Å². The molecule has 1 saturated heterocycles. The number of hydrogen-bond acceptors (Lipinski definition) is 7. The molecule has 1 fully saturated rings. The van der Waals surface area contributed by atoms with Crippen LogP contribution in [0.4, 0.5) is 0 Å². The van der Waals surface area contributed by atoms with Crippen molar-refractivity contribution in [2.45, 2.75) is 12.8 Å². The molecule has 0 spiro atoms. The van der Waals surface area contributed by atoms with Gasteiger partial charge in [-0.2, -0.15) is 0 Å². The number of benzene rings is 1. The summed E-state index contributed by atoms with van der Waals surface area (Å²) in [6.07, 6.45) is 0. The summed E-state index contributed by atoms with van der Waals surface area (Å²) in [6, 6.07) is 5.41. The number of rotatable bonds is 4. The molecule has 0 unspecified atom stereocenters. The fourth-order valence-electron chi connectivity index (χ4n) is 4.13. The Kier molecular flexibility index (Phi) is 4.09. The summed E-state index contributed by atoms with van der Waals surface area (Å²) in [5.41, 5.74) is 1.46. The fraction of sp³-hybridized carbons (Fsp3) is 0.400. The van der Waals surface area contributed by atoms with Crippen molar-refractivity contribution < 1.29 is 33.0 Å². The Morgan fingerprint density at radius 2 is 1.67 bits per heavy atom. The molecule has 142 valence electrons. The molecule has 1 aliphatic heterocycles. The molecule has 1 aliphatic carbocycles. The molecule has 0 bridgehead atoms. The van der Waals surface area contributed by atoms with Crippen LogP contribution in [-0.2, 0) is 9.53 Å². The van der Waals surface area contributed by atoms with Crippen molar-refractivity contribution in [1.29, 1.82) is 0 Å². The number of fused-ring (bicyclic) bond motifs is 2. The lowest BCUT2D eigenvalue weighted by atomic mass is 9.69. The van der Waals surface area contributed by atoms with E-state index in [2.05, 4.69) is 0 Å². The van der Waals surface area contributed by atoms with Crippen molar-refractivity contribution in [3.63, 3.8) is 0 Å². The molecule has 27 heavy (non-hydrogen) atoms. The van der Waals surface area contributed by atoms with Crippen LogP contribution in [0.5, 0.6) is 17.2 Å². The van der Waals surface area contributed by atoms with Crippen LogP contribution in [0.25, 0.3) is 0 Å². The van der Waals surface area contributed by atoms with Gasteiger partial charge < -0.3 is 23.4 Å². The van der Waals surface area contributed by atoms with Gasteiger partial charge in [0.1, 0.15) is 12.4 Å². The maximum Gasteiger partial charge on any atom is 0.310 e. The normalized spacial score (nSPS) is 23.5. The summed E-state index contributed by atoms with van der Waals surface area (Å²) < 4.78 is 27.2. The van der Waals surface area contributed by atoms with Gasteiger partial charge in [0, 0.05) is 11.5 Å². The lowest BCUT2D eigenvalue weighted by molar-refractivity contribution is -0.141. The Bertz CT molecular complexity index is 901. The molecule has 7 nitrogen and oxygen atoms in total. The predicted molar refractivity (Wildman–Crippen MR) is 93.7 cm³/mol. The number of ether oxygens (including phenoxy) is 4. The maximum absolute atomic E-state index is 12.8. The van der Waals surface area contributed by atoms with E-state index >= 15 is 0 Å². The Morgan fingerprint density at radius 1 is 1.00 bits per heavy atom. The van der Waals surface area contributed by atoms with E-state index in [4.69, 9.17) is 23.4 Å². The van der Waals surface area contributed by atoms with Crippen molar-refractivity contribution in [2.24, 2.45) is 11.8 Å². The van der Waals surface area contributed by atoms with Gasteiger partial charge >= 0.3 is 5.97 Å². The van der Waals surface area contributed by atoms with Crippen molar-refractivity contribution in [3.8, 4) is 17.2 Å². The molecule has 1 aromatic heterocycles. The summed E-state index contributed by atoms with van der Waals surface area (Å²) in [6.45, 7) is 1.86. The maximum atomic E-state index is 12.8. The highest BCUT2D eigenvalue weighted by Gasteiger charge is 2.53. The van der Waals surface area contributed by atoms with Crippen molar-refractivity contribution >= 4 is 11.8 Å². The van der Waals surface area contributed by atoms with Gasteiger partial charge in [-0.3, -0.25) is 9.59 Å². The van der Waals surface area contributed by atoms with Crippen LogP contribution >= 0.6 is 0 Å². The second-order valence-electron chi connectivity index (χ2n) is 6.70. The summed E-state index contributed by atoms with van der Waals surface area (Å²) in [5, 5.41) is 0. The number of cyclic esters (lactones) is 1. The molecule has 0 saturated carbocycles. The smallest absolute Gasteiger partial charge is 0.310 e. The highest BCUT2D eigenvalue weighted by Crippen LogP contribution is 2.50. The zero-order chi connectivity index (χ0) is 19.3. The first-order valence-electron chi connectivity index (χ1n) is 8.61. The van der Waals surface area contributed by atoms with E-state index in [9.17, 15) is 9.59 Å². The molecule has 0 amide bonds. The average Bonchev–Trinajstić information content (AvgIpc) is 3.24. The molecule has 2 aromatic rings. The minimum absolute atomic E-state index is 0.0719. The van der Waals surface area contributed by atoms with Gasteiger partial charge in [0.05, 0.1) is 33.2 Å². The van der Waals surface area contributed by atoms with Gasteiger partial charge in [-0.25, -0.2) is 0 Å². The summed E-state index contributed by atoms with van der Waals surface area (Å²) in [5.74, 6) is 0.221. The monoisotopic (exact) mass is 372 g/mol. The molecule has 0 N–H and O–H groups in total. The van der Waals surface area contributed by atoms with Gasteiger partial charge in [0.25, 0.3) is 0 Å². The van der Waals surface area contributed by atoms with Crippen LogP contribution in [0.2, 0.25) is 0 Å². The second-order valence-corrected chi connectivity index (χ2v) is 6.70. The van der Waals surface area contributed by atoms with E-state index in [-0.39, 0.29) is 18.4 Å². The highest BCUT2D eigenvalue weighted by molar-refractivity contribution is 6.03. The molecular formula is C20H20O7. The van der Waals surface area contributed by atoms with Gasteiger partial charge in [-0.1, -0.05) is 0 Å². The SMILES string of the molecule is COc1cc([C@@H]2c3cc(C)oc3C(=O)[C@@H]3COC(=O)[C@@H]23)cc(OC)c1OC. The minimum atomic E-state index is -0.607. The van der Waals surface area contributed by atoms with Gasteiger partial charge in [0.15, 0.2) is 17.3 Å². The lowest BCUT2D eigenvalue weighted by Crippen LogP contribution is -2.35. The van der Waals surface area contributed by atoms with Gasteiger partial charge in [0.2, 0.25) is 11.5 Å². The summed E-state index contributed by atoms with van der Waals surface area (Å²) in [7, 11) is 4.60. The van der Waals surface area contributed by atoms with E-state index in [1.807, 2.05) is 6.07 Å². The third-order valence-electron chi connectivity index (χ3n) is 5.30. The number of esters is 1. The molecule has 0 radical (unpaired) electrons. The molecule has 2 heterocycles. The number of carbonyl (C=O) groups excluding carboxylic acids is 2. The lowest BCUT2D eigenvalue weighted by Gasteiger charge is -2.30. The van der Waals surface area contributed by atoms with Crippen LogP contribution in [0, 0.1) is 18.8 Å². The molecule has 1 aromatic carbocycles. The second kappa shape index (κ2) is 6.33. The molecule has 7 heteroatoms. The van der Waals surface area contributed by atoms with E-state index in [0.717, 1.165) is 5.56 Å². The third kappa shape index (κ3) is 2.49. The van der Waals surface area contributed by atoms with E-state index < -0.39 is 17.8 Å². The molecule has 2 aliphatic rings. The van der Waals surface area contributed by atoms with E-state index in [1.165, 1.54) is 21.3 Å². The fourth-order valence-corrected chi connectivity index (χ4v) is 4.13. The van der Waals surface area contributed by atoms with Crippen LogP contribution in [0.1, 0.15) is 33.4 Å². The number of ketones is 1. The van der Waals surface area contributed by atoms with E-state index in [0.29, 0.717) is 34.3 Å². The molecular weight excluding hydrogens is 352 g/mol. The quantitative estimate of drug-likeness (QED) is 0.763. The first-order valence-corrected chi connectivity index (χ1v) is 8.61. The largest absolute Gasteiger partial charge is 0.493 e. The number of furan rings is 1. The number of hydrogen-bond donors (Lipinski definition) is 0. The van der Waals surface area contributed by atoms with Crippen molar-refractivity contribution in [3.05, 3.63) is 40.8 Å². The van der Waals surface area contributed by atoms with Crippen LogP contribution in [0.15, 0.2) is 22.6 Å². The number of methoxy groups -OCH3 is 3. The Balaban J connectivity index is 1.94. The Hall–Kier alpha value is -2.96. The summed E-state index contributed by atoms with van der Waals surface area (Å²) >= 11 is 0. The zero-order valence-corrected chi connectivity index (χ0v) is 15.5. The number of aryl methyl sites for hydroxylation is 1. The first-order chi connectivity index (χ1) is 13.0. The summed E-state index contributed by atoms with van der Waals surface area (Å²) in [4.78, 5) is 25.3.